The average Bonchev–Trinajstić information content (AvgIpc) is 3.16. The minimum atomic E-state index is -0.0416. The minimum absolute atomic E-state index is 0.0416. The molecule has 1 fully saturated rings. The third kappa shape index (κ3) is 3.42. The number of carbonyl (C=O) groups excluding carboxylic acids is 1. The van der Waals surface area contributed by atoms with Crippen molar-refractivity contribution in [1.29, 1.82) is 0 Å². The van der Waals surface area contributed by atoms with Crippen molar-refractivity contribution in [2.75, 3.05) is 6.54 Å². The van der Waals surface area contributed by atoms with Gasteiger partial charge >= 0.3 is 6.03 Å². The Bertz CT molecular complexity index is 694. The van der Waals surface area contributed by atoms with Crippen LogP contribution in [0.1, 0.15) is 44.6 Å². The molecule has 24 heavy (non-hydrogen) atoms. The second-order valence-electron chi connectivity index (χ2n) is 7.07. The highest BCUT2D eigenvalue weighted by molar-refractivity contribution is 5.75. The normalized spacial score (nSPS) is 19.5. The molecule has 1 unspecified atom stereocenters. The Morgan fingerprint density at radius 3 is 2.79 bits per heavy atom. The lowest BCUT2D eigenvalue weighted by Crippen LogP contribution is -2.40. The first-order valence-electron chi connectivity index (χ1n) is 8.46. The maximum Gasteiger partial charge on any atom is 0.318 e. The Labute approximate surface area is 142 Å². The Balaban J connectivity index is 1.72. The van der Waals surface area contributed by atoms with E-state index in [-0.39, 0.29) is 17.5 Å². The lowest BCUT2D eigenvalue weighted by Gasteiger charge is -2.25. The summed E-state index contributed by atoms with van der Waals surface area (Å²) in [5.74, 6) is 0.778. The summed E-state index contributed by atoms with van der Waals surface area (Å²) in [5, 5.41) is 7.14. The number of hydrogen-bond acceptors (Lipinski definition) is 3. The third-order valence-corrected chi connectivity index (χ3v) is 4.56. The van der Waals surface area contributed by atoms with E-state index in [2.05, 4.69) is 41.4 Å². The molecule has 1 aromatic heterocycles. The van der Waals surface area contributed by atoms with Crippen LogP contribution in [0.15, 0.2) is 36.7 Å². The van der Waals surface area contributed by atoms with E-state index < -0.39 is 0 Å². The Hall–Kier alpha value is -2.37. The van der Waals surface area contributed by atoms with Gasteiger partial charge in [0.1, 0.15) is 12.2 Å². The number of nitrogens with one attached hydrogen (secondary N) is 1. The highest BCUT2D eigenvalue weighted by Gasteiger charge is 2.40. The fourth-order valence-electron chi connectivity index (χ4n) is 3.40. The fourth-order valence-corrected chi connectivity index (χ4v) is 3.40. The molecule has 1 atom stereocenters. The van der Waals surface area contributed by atoms with Gasteiger partial charge in [0.15, 0.2) is 0 Å². The summed E-state index contributed by atoms with van der Waals surface area (Å²) >= 11 is 0. The molecule has 2 heterocycles. The van der Waals surface area contributed by atoms with E-state index >= 15 is 0 Å². The number of aromatic nitrogens is 3. The second kappa shape index (κ2) is 6.63. The van der Waals surface area contributed by atoms with Crippen LogP contribution in [0, 0.1) is 5.41 Å². The monoisotopic (exact) mass is 327 g/mol. The van der Waals surface area contributed by atoms with Crippen LogP contribution in [0.3, 0.4) is 0 Å². The van der Waals surface area contributed by atoms with Crippen LogP contribution in [0.25, 0.3) is 0 Å². The van der Waals surface area contributed by atoms with Crippen molar-refractivity contribution in [3.63, 3.8) is 0 Å². The van der Waals surface area contributed by atoms with Crippen LogP contribution in [0.5, 0.6) is 0 Å². The van der Waals surface area contributed by atoms with Crippen molar-refractivity contribution in [3.8, 4) is 0 Å². The molecule has 1 N–H and O–H groups in total. The summed E-state index contributed by atoms with van der Waals surface area (Å²) in [4.78, 5) is 18.9. The van der Waals surface area contributed by atoms with Crippen LogP contribution in [-0.4, -0.2) is 32.2 Å². The van der Waals surface area contributed by atoms with Gasteiger partial charge in [-0.05, 0) is 24.3 Å². The van der Waals surface area contributed by atoms with Gasteiger partial charge in [-0.15, -0.1) is 0 Å². The molecule has 6 heteroatoms. The van der Waals surface area contributed by atoms with E-state index in [1.807, 2.05) is 30.0 Å². The third-order valence-electron chi connectivity index (χ3n) is 4.56. The Kier molecular flexibility index (Phi) is 4.55. The molecular formula is C18H25N5O. The Morgan fingerprint density at radius 1 is 1.33 bits per heavy atom. The first-order chi connectivity index (χ1) is 11.5. The van der Waals surface area contributed by atoms with Crippen molar-refractivity contribution < 1.29 is 4.79 Å². The van der Waals surface area contributed by atoms with Crippen LogP contribution < -0.4 is 5.32 Å². The average molecular weight is 327 g/mol. The minimum Gasteiger partial charge on any atom is -0.331 e. The van der Waals surface area contributed by atoms with Gasteiger partial charge in [-0.3, -0.25) is 0 Å². The molecule has 1 aliphatic heterocycles. The van der Waals surface area contributed by atoms with Gasteiger partial charge in [-0.25, -0.2) is 14.5 Å². The number of carbonyl (C=O) groups is 1. The summed E-state index contributed by atoms with van der Waals surface area (Å²) in [6.45, 7) is 8.32. The molecule has 128 valence electrons. The van der Waals surface area contributed by atoms with E-state index in [1.165, 1.54) is 11.9 Å². The molecule has 6 nitrogen and oxygen atoms in total. The molecule has 1 saturated heterocycles. The van der Waals surface area contributed by atoms with Crippen LogP contribution >= 0.6 is 0 Å². The standard InChI is InChI=1S/C18H25N5O/c1-4-23-16(20-13-21-23)11-19-17(24)22-12-18(2,3)10-15(22)14-8-6-5-7-9-14/h5-9,13,15H,4,10-12H2,1-3H3,(H,19,24). The van der Waals surface area contributed by atoms with E-state index in [0.29, 0.717) is 6.54 Å². The summed E-state index contributed by atoms with van der Waals surface area (Å²) in [6, 6.07) is 10.3. The Morgan fingerprint density at radius 2 is 2.08 bits per heavy atom. The molecule has 2 aromatic rings. The highest BCUT2D eigenvalue weighted by Crippen LogP contribution is 2.42. The van der Waals surface area contributed by atoms with Crippen LogP contribution in [-0.2, 0) is 13.1 Å². The van der Waals surface area contributed by atoms with Gasteiger partial charge in [0.05, 0.1) is 12.6 Å². The molecule has 1 aliphatic rings. The molecule has 3 rings (SSSR count). The van der Waals surface area contributed by atoms with Gasteiger partial charge < -0.3 is 10.2 Å². The van der Waals surface area contributed by atoms with Gasteiger partial charge in [0.25, 0.3) is 0 Å². The van der Waals surface area contributed by atoms with Gasteiger partial charge in [-0.2, -0.15) is 5.10 Å². The molecule has 0 saturated carbocycles. The summed E-state index contributed by atoms with van der Waals surface area (Å²) in [7, 11) is 0. The number of urea groups is 1. The summed E-state index contributed by atoms with van der Waals surface area (Å²) in [6.07, 6.45) is 2.49. The number of aryl methyl sites for hydroxylation is 1. The summed E-state index contributed by atoms with van der Waals surface area (Å²) < 4.78 is 1.79. The first-order valence-corrected chi connectivity index (χ1v) is 8.46. The highest BCUT2D eigenvalue weighted by atomic mass is 16.2. The summed E-state index contributed by atoms with van der Waals surface area (Å²) in [5.41, 5.74) is 1.30. The maximum atomic E-state index is 12.8. The SMILES string of the molecule is CCn1ncnc1CNC(=O)N1CC(C)(C)CC1c1ccccc1. The predicted octanol–water partition coefficient (Wildman–Crippen LogP) is 2.98. The molecular weight excluding hydrogens is 302 g/mol. The molecule has 0 radical (unpaired) electrons. The van der Waals surface area contributed by atoms with Crippen molar-refractivity contribution in [1.82, 2.24) is 25.0 Å². The van der Waals surface area contributed by atoms with Gasteiger partial charge in [0, 0.05) is 13.1 Å². The number of likely N-dealkylation sites (tertiary alicyclic amines) is 1. The largest absolute Gasteiger partial charge is 0.331 e. The molecule has 2 amide bonds. The van der Waals surface area contributed by atoms with E-state index in [1.54, 1.807) is 4.68 Å². The molecule has 0 spiro atoms. The zero-order valence-electron chi connectivity index (χ0n) is 14.6. The van der Waals surface area contributed by atoms with Crippen molar-refractivity contribution >= 4 is 6.03 Å². The number of hydrogen-bond donors (Lipinski definition) is 1. The van der Waals surface area contributed by atoms with Gasteiger partial charge in [0.2, 0.25) is 0 Å². The number of amides is 2. The van der Waals surface area contributed by atoms with Gasteiger partial charge in [-0.1, -0.05) is 44.2 Å². The van der Waals surface area contributed by atoms with Crippen molar-refractivity contribution in [3.05, 3.63) is 48.0 Å². The molecule has 0 bridgehead atoms. The van der Waals surface area contributed by atoms with Crippen LogP contribution in [0.2, 0.25) is 0 Å². The van der Waals surface area contributed by atoms with E-state index in [0.717, 1.165) is 25.3 Å². The van der Waals surface area contributed by atoms with Crippen LogP contribution in [0.4, 0.5) is 4.79 Å². The smallest absolute Gasteiger partial charge is 0.318 e. The zero-order valence-corrected chi connectivity index (χ0v) is 14.6. The lowest BCUT2D eigenvalue weighted by molar-refractivity contribution is 0.189. The maximum absolute atomic E-state index is 12.8. The fraction of sp³-hybridized carbons (Fsp3) is 0.500. The number of rotatable bonds is 4. The topological polar surface area (TPSA) is 63.1 Å². The second-order valence-corrected chi connectivity index (χ2v) is 7.07. The lowest BCUT2D eigenvalue weighted by atomic mass is 9.89. The predicted molar refractivity (Wildman–Crippen MR) is 92.2 cm³/mol. The number of nitrogens with zero attached hydrogens (tertiary/aromatic N) is 4. The van der Waals surface area contributed by atoms with E-state index in [4.69, 9.17) is 0 Å². The number of benzene rings is 1. The van der Waals surface area contributed by atoms with Crippen molar-refractivity contribution in [2.24, 2.45) is 5.41 Å². The van der Waals surface area contributed by atoms with Crippen molar-refractivity contribution in [2.45, 2.75) is 46.3 Å². The zero-order chi connectivity index (χ0) is 17.2. The molecule has 0 aliphatic carbocycles. The first kappa shape index (κ1) is 16.5. The molecule has 1 aromatic carbocycles. The quantitative estimate of drug-likeness (QED) is 0.939. The van der Waals surface area contributed by atoms with E-state index in [9.17, 15) is 4.79 Å².